The van der Waals surface area contributed by atoms with Crippen LogP contribution in [0.5, 0.6) is 11.5 Å². The molecule has 0 heterocycles. The van der Waals surface area contributed by atoms with Crippen LogP contribution in [0.2, 0.25) is 0 Å². The maximum absolute atomic E-state index is 14.3. The number of benzene rings is 1. The van der Waals surface area contributed by atoms with E-state index in [9.17, 15) is 17.6 Å². The van der Waals surface area contributed by atoms with E-state index in [2.05, 4.69) is 11.7 Å². The van der Waals surface area contributed by atoms with Crippen LogP contribution in [0.4, 0.5) is 17.6 Å². The summed E-state index contributed by atoms with van der Waals surface area (Å²) >= 11 is 0. The second kappa shape index (κ2) is 13.0. The molecule has 7 heteroatoms. The summed E-state index contributed by atoms with van der Waals surface area (Å²) in [6.07, 6.45) is 10.1. The maximum Gasteiger partial charge on any atom is 0.422 e. The van der Waals surface area contributed by atoms with Gasteiger partial charge in [0.05, 0.1) is 12.7 Å². The number of alkyl halides is 2. The van der Waals surface area contributed by atoms with Crippen molar-refractivity contribution in [2.45, 2.75) is 103 Å². The summed E-state index contributed by atoms with van der Waals surface area (Å²) in [5, 5.41) is 0. The van der Waals surface area contributed by atoms with Gasteiger partial charge in [-0.3, -0.25) is 0 Å². The molecule has 2 saturated carbocycles. The molecule has 2 aliphatic carbocycles. The first-order valence-corrected chi connectivity index (χ1v) is 13.1. The Bertz CT molecular complexity index is 742. The van der Waals surface area contributed by atoms with Gasteiger partial charge in [0.2, 0.25) is 11.6 Å². The van der Waals surface area contributed by atoms with Gasteiger partial charge in [0.1, 0.15) is 0 Å². The SMILES string of the molecule is CCCCCC1CCC(C2CCC(OCC(F)(F)Oc3ccc(OCC)c(F)c3F)CC2)CC1. The largest absolute Gasteiger partial charge is 0.491 e. The van der Waals surface area contributed by atoms with Gasteiger partial charge in [0, 0.05) is 0 Å². The van der Waals surface area contributed by atoms with Crippen LogP contribution in [0.1, 0.15) is 90.9 Å². The molecule has 0 bridgehead atoms. The molecular weight excluding hydrogens is 448 g/mol. The Labute approximate surface area is 201 Å². The van der Waals surface area contributed by atoms with Crippen LogP contribution in [-0.2, 0) is 4.74 Å². The fourth-order valence-electron chi connectivity index (χ4n) is 5.62. The number of unbranched alkanes of at least 4 members (excludes halogenated alkanes) is 2. The van der Waals surface area contributed by atoms with Crippen LogP contribution in [0.25, 0.3) is 0 Å². The molecule has 0 spiro atoms. The smallest absolute Gasteiger partial charge is 0.422 e. The minimum Gasteiger partial charge on any atom is -0.491 e. The van der Waals surface area contributed by atoms with Gasteiger partial charge in [-0.15, -0.1) is 0 Å². The summed E-state index contributed by atoms with van der Waals surface area (Å²) in [5.74, 6) is -1.73. The van der Waals surface area contributed by atoms with Gasteiger partial charge < -0.3 is 14.2 Å². The van der Waals surface area contributed by atoms with E-state index in [1.807, 2.05) is 0 Å². The number of halogens is 4. The molecule has 2 aliphatic rings. The Morgan fingerprint density at radius 1 is 0.824 bits per heavy atom. The first kappa shape index (κ1) is 27.1. The lowest BCUT2D eigenvalue weighted by molar-refractivity contribution is -0.223. The Morgan fingerprint density at radius 3 is 2.03 bits per heavy atom. The van der Waals surface area contributed by atoms with Gasteiger partial charge in [-0.1, -0.05) is 45.4 Å². The second-order valence-corrected chi connectivity index (χ2v) is 9.99. The maximum atomic E-state index is 14.3. The van der Waals surface area contributed by atoms with Gasteiger partial charge in [0.25, 0.3) is 0 Å². The Morgan fingerprint density at radius 2 is 1.41 bits per heavy atom. The van der Waals surface area contributed by atoms with Crippen molar-refractivity contribution in [1.29, 1.82) is 0 Å². The van der Waals surface area contributed by atoms with Crippen LogP contribution in [0.15, 0.2) is 12.1 Å². The van der Waals surface area contributed by atoms with E-state index in [-0.39, 0.29) is 18.5 Å². The van der Waals surface area contributed by atoms with Crippen molar-refractivity contribution >= 4 is 0 Å². The monoisotopic (exact) mass is 488 g/mol. The molecule has 3 nitrogen and oxygen atoms in total. The second-order valence-electron chi connectivity index (χ2n) is 9.99. The fraction of sp³-hybridized carbons (Fsp3) is 0.778. The summed E-state index contributed by atoms with van der Waals surface area (Å²) in [6.45, 7) is 3.00. The van der Waals surface area contributed by atoms with Gasteiger partial charge >= 0.3 is 6.11 Å². The molecule has 0 saturated heterocycles. The van der Waals surface area contributed by atoms with Crippen molar-refractivity contribution in [3.63, 3.8) is 0 Å². The van der Waals surface area contributed by atoms with E-state index in [1.54, 1.807) is 6.92 Å². The summed E-state index contributed by atoms with van der Waals surface area (Å²) in [4.78, 5) is 0. The molecule has 34 heavy (non-hydrogen) atoms. The Balaban J connectivity index is 1.39. The molecule has 1 aromatic rings. The highest BCUT2D eigenvalue weighted by Gasteiger charge is 2.37. The average molecular weight is 489 g/mol. The zero-order valence-electron chi connectivity index (χ0n) is 20.6. The van der Waals surface area contributed by atoms with Crippen LogP contribution in [0.3, 0.4) is 0 Å². The van der Waals surface area contributed by atoms with Crippen LogP contribution in [-0.4, -0.2) is 25.4 Å². The number of ether oxygens (including phenoxy) is 3. The van der Waals surface area contributed by atoms with Gasteiger partial charge in [-0.25, -0.2) is 0 Å². The molecule has 0 unspecified atom stereocenters. The Kier molecular flexibility index (Phi) is 10.3. The summed E-state index contributed by atoms with van der Waals surface area (Å²) in [7, 11) is 0. The summed E-state index contributed by atoms with van der Waals surface area (Å²) in [5.41, 5.74) is 0. The highest BCUT2D eigenvalue weighted by atomic mass is 19.3. The topological polar surface area (TPSA) is 27.7 Å². The van der Waals surface area contributed by atoms with Crippen molar-refractivity contribution in [1.82, 2.24) is 0 Å². The average Bonchev–Trinajstić information content (AvgIpc) is 2.84. The van der Waals surface area contributed by atoms with Crippen molar-refractivity contribution in [2.24, 2.45) is 17.8 Å². The molecule has 194 valence electrons. The molecule has 1 aromatic carbocycles. The zero-order valence-corrected chi connectivity index (χ0v) is 20.6. The van der Waals surface area contributed by atoms with E-state index in [0.29, 0.717) is 5.92 Å². The predicted octanol–water partition coefficient (Wildman–Crippen LogP) is 8.30. The molecular formula is C27H40F4O3. The lowest BCUT2D eigenvalue weighted by Gasteiger charge is -2.38. The number of hydrogen-bond acceptors (Lipinski definition) is 3. The third-order valence-electron chi connectivity index (χ3n) is 7.55. The Hall–Kier alpha value is -1.50. The summed E-state index contributed by atoms with van der Waals surface area (Å²) < 4.78 is 71.4. The van der Waals surface area contributed by atoms with Crippen molar-refractivity contribution in [3.8, 4) is 11.5 Å². The highest BCUT2D eigenvalue weighted by molar-refractivity contribution is 5.35. The van der Waals surface area contributed by atoms with Crippen LogP contribution in [0, 0.1) is 29.4 Å². The predicted molar refractivity (Wildman–Crippen MR) is 124 cm³/mol. The minimum absolute atomic E-state index is 0.128. The molecule has 0 radical (unpaired) electrons. The molecule has 0 aromatic heterocycles. The third kappa shape index (κ3) is 7.76. The van der Waals surface area contributed by atoms with Gasteiger partial charge in [0.15, 0.2) is 18.1 Å². The lowest BCUT2D eigenvalue weighted by atomic mass is 9.70. The van der Waals surface area contributed by atoms with E-state index in [4.69, 9.17) is 9.47 Å². The van der Waals surface area contributed by atoms with E-state index in [1.165, 1.54) is 51.4 Å². The van der Waals surface area contributed by atoms with E-state index < -0.39 is 30.1 Å². The molecule has 3 rings (SSSR count). The minimum atomic E-state index is -3.76. The fourth-order valence-corrected chi connectivity index (χ4v) is 5.62. The highest BCUT2D eigenvalue weighted by Crippen LogP contribution is 2.42. The van der Waals surface area contributed by atoms with Crippen molar-refractivity contribution < 1.29 is 31.8 Å². The summed E-state index contributed by atoms with van der Waals surface area (Å²) in [6, 6.07) is 2.02. The molecule has 0 amide bonds. The lowest BCUT2D eigenvalue weighted by Crippen LogP contribution is -2.35. The molecule has 0 aliphatic heterocycles. The molecule has 0 atom stereocenters. The van der Waals surface area contributed by atoms with Gasteiger partial charge in [-0.05, 0) is 75.3 Å². The van der Waals surface area contributed by atoms with Crippen molar-refractivity contribution in [2.75, 3.05) is 13.2 Å². The van der Waals surface area contributed by atoms with Crippen LogP contribution >= 0.6 is 0 Å². The zero-order chi connectivity index (χ0) is 24.6. The molecule has 2 fully saturated rings. The van der Waals surface area contributed by atoms with E-state index in [0.717, 1.165) is 49.7 Å². The normalized spacial score (nSPS) is 25.8. The quantitative estimate of drug-likeness (QED) is 0.219. The van der Waals surface area contributed by atoms with Crippen molar-refractivity contribution in [3.05, 3.63) is 23.8 Å². The first-order chi connectivity index (χ1) is 16.3. The third-order valence-corrected chi connectivity index (χ3v) is 7.55. The molecule has 0 N–H and O–H groups in total. The van der Waals surface area contributed by atoms with Gasteiger partial charge in [-0.2, -0.15) is 17.6 Å². The number of rotatable bonds is 12. The number of hydrogen-bond donors (Lipinski definition) is 0. The van der Waals surface area contributed by atoms with Crippen LogP contribution < -0.4 is 9.47 Å². The van der Waals surface area contributed by atoms with E-state index >= 15 is 0 Å². The first-order valence-electron chi connectivity index (χ1n) is 13.1. The standard InChI is InChI=1S/C27H40F4O3/c1-3-5-6-7-19-8-10-20(11-9-19)21-12-14-22(15-13-21)33-18-27(30,31)34-24-17-16-23(32-4-2)25(28)26(24)29/h16-17,19-22H,3-15,18H2,1-2H3.